The van der Waals surface area contributed by atoms with Gasteiger partial charge in [0.2, 0.25) is 0 Å². The molecule has 0 saturated heterocycles. The van der Waals surface area contributed by atoms with Crippen LogP contribution in [0.4, 0.5) is 11.4 Å². The molecule has 1 amide bonds. The molecule has 3 aromatic rings. The third-order valence-electron chi connectivity index (χ3n) is 3.59. The lowest BCUT2D eigenvalue weighted by Gasteiger charge is -2.09. The summed E-state index contributed by atoms with van der Waals surface area (Å²) < 4.78 is 5.37. The van der Waals surface area contributed by atoms with Crippen LogP contribution in [0, 0.1) is 10.1 Å². The van der Waals surface area contributed by atoms with Gasteiger partial charge in [-0.15, -0.1) is 0 Å². The van der Waals surface area contributed by atoms with E-state index in [0.717, 1.165) is 12.1 Å². The van der Waals surface area contributed by atoms with Gasteiger partial charge in [0.15, 0.2) is 6.61 Å². The van der Waals surface area contributed by atoms with Crippen LogP contribution in [0.15, 0.2) is 39.6 Å². The van der Waals surface area contributed by atoms with Gasteiger partial charge in [-0.2, -0.15) is 0 Å². The molecule has 0 aliphatic rings. The summed E-state index contributed by atoms with van der Waals surface area (Å²) in [6, 6.07) is 6.42. The Balaban J connectivity index is 1.68. The average Bonchev–Trinajstić information content (AvgIpc) is 2.99. The minimum atomic E-state index is -0.978. The standard InChI is InChI=1S/C16H10BrClN4O6/c17-9-4-12-13(21-16(25)20-12)5-11(9)19-14(23)6-28-15(24)8-3-7(22(26)27)1-2-10(8)18/h1-5H,6H2,(H,19,23)(H2,20,21,25). The van der Waals surface area contributed by atoms with Crippen molar-refractivity contribution in [3.8, 4) is 0 Å². The summed E-state index contributed by atoms with van der Waals surface area (Å²) in [5.41, 5.74) is 0.408. The number of carbonyl (C=O) groups excluding carboxylic acids is 2. The first-order valence-corrected chi connectivity index (χ1v) is 8.74. The molecule has 0 spiro atoms. The van der Waals surface area contributed by atoms with Crippen LogP contribution in [-0.2, 0) is 9.53 Å². The number of aromatic nitrogens is 2. The molecule has 0 fully saturated rings. The van der Waals surface area contributed by atoms with Crippen molar-refractivity contribution in [2.45, 2.75) is 0 Å². The van der Waals surface area contributed by atoms with Crippen LogP contribution in [0.2, 0.25) is 5.02 Å². The van der Waals surface area contributed by atoms with Gasteiger partial charge in [-0.05, 0) is 34.1 Å². The second kappa shape index (κ2) is 7.82. The number of nitro groups is 1. The van der Waals surface area contributed by atoms with Crippen molar-refractivity contribution in [2.75, 3.05) is 11.9 Å². The second-order valence-electron chi connectivity index (χ2n) is 5.50. The fourth-order valence-electron chi connectivity index (χ4n) is 2.33. The van der Waals surface area contributed by atoms with Gasteiger partial charge < -0.3 is 20.0 Å². The van der Waals surface area contributed by atoms with E-state index < -0.39 is 29.1 Å². The van der Waals surface area contributed by atoms with Crippen LogP contribution in [0.25, 0.3) is 11.0 Å². The third kappa shape index (κ3) is 4.21. The highest BCUT2D eigenvalue weighted by Gasteiger charge is 2.18. The number of ether oxygens (including phenoxy) is 1. The number of non-ortho nitro benzene ring substituents is 1. The summed E-state index contributed by atoms with van der Waals surface area (Å²) in [5.74, 6) is -1.64. The number of hydrogen-bond acceptors (Lipinski definition) is 6. The van der Waals surface area contributed by atoms with Crippen molar-refractivity contribution in [3.63, 3.8) is 0 Å². The number of amides is 1. The lowest BCUT2D eigenvalue weighted by Crippen LogP contribution is -2.21. The van der Waals surface area contributed by atoms with E-state index in [1.165, 1.54) is 12.1 Å². The van der Waals surface area contributed by atoms with Crippen LogP contribution in [0.5, 0.6) is 0 Å². The maximum Gasteiger partial charge on any atom is 0.340 e. The maximum absolute atomic E-state index is 12.1. The number of hydrogen-bond donors (Lipinski definition) is 3. The van der Waals surface area contributed by atoms with Gasteiger partial charge in [0.25, 0.3) is 11.6 Å². The number of benzene rings is 2. The van der Waals surface area contributed by atoms with Gasteiger partial charge in [-0.3, -0.25) is 14.9 Å². The van der Waals surface area contributed by atoms with E-state index in [4.69, 9.17) is 16.3 Å². The summed E-state index contributed by atoms with van der Waals surface area (Å²) in [4.78, 5) is 50.7. The molecular formula is C16H10BrClN4O6. The Hall–Kier alpha value is -3.18. The number of esters is 1. The molecular weight excluding hydrogens is 460 g/mol. The molecule has 0 aliphatic carbocycles. The summed E-state index contributed by atoms with van der Waals surface area (Å²) in [7, 11) is 0. The topological polar surface area (TPSA) is 147 Å². The molecule has 0 bridgehead atoms. The van der Waals surface area contributed by atoms with Gasteiger partial charge in [-0.25, -0.2) is 9.59 Å². The predicted molar refractivity (Wildman–Crippen MR) is 104 cm³/mol. The van der Waals surface area contributed by atoms with E-state index in [9.17, 15) is 24.5 Å². The quantitative estimate of drug-likeness (QED) is 0.297. The second-order valence-corrected chi connectivity index (χ2v) is 6.76. The zero-order valence-corrected chi connectivity index (χ0v) is 16.1. The van der Waals surface area contributed by atoms with Crippen LogP contribution in [-0.4, -0.2) is 33.4 Å². The molecule has 0 unspecified atom stereocenters. The van der Waals surface area contributed by atoms with Crippen molar-refractivity contribution in [2.24, 2.45) is 0 Å². The van der Waals surface area contributed by atoms with Crippen LogP contribution >= 0.6 is 27.5 Å². The summed E-state index contributed by atoms with van der Waals surface area (Å²) >= 11 is 9.12. The number of nitrogens with zero attached hydrogens (tertiary/aromatic N) is 1. The van der Waals surface area contributed by atoms with E-state index in [1.54, 1.807) is 6.07 Å². The highest BCUT2D eigenvalue weighted by atomic mass is 79.9. The number of fused-ring (bicyclic) bond motifs is 1. The van der Waals surface area contributed by atoms with Gasteiger partial charge in [-0.1, -0.05) is 11.6 Å². The molecule has 28 heavy (non-hydrogen) atoms. The monoisotopic (exact) mass is 468 g/mol. The molecule has 3 N–H and O–H groups in total. The van der Waals surface area contributed by atoms with Crippen molar-refractivity contribution in [1.29, 1.82) is 0 Å². The maximum atomic E-state index is 12.1. The Morgan fingerprint density at radius 2 is 1.89 bits per heavy atom. The number of nitrogens with one attached hydrogen (secondary N) is 3. The number of halogens is 2. The number of carbonyl (C=O) groups is 2. The summed E-state index contributed by atoms with van der Waals surface area (Å²) in [6.45, 7) is -0.647. The minimum absolute atomic E-state index is 0.0411. The van der Waals surface area contributed by atoms with Crippen LogP contribution in [0.3, 0.4) is 0 Å². The number of imidazole rings is 1. The highest BCUT2D eigenvalue weighted by Crippen LogP contribution is 2.26. The van der Waals surface area contributed by atoms with Gasteiger partial charge in [0.1, 0.15) is 0 Å². The molecule has 12 heteroatoms. The van der Waals surface area contributed by atoms with Gasteiger partial charge >= 0.3 is 11.7 Å². The van der Waals surface area contributed by atoms with E-state index in [0.29, 0.717) is 21.2 Å². The van der Waals surface area contributed by atoms with E-state index in [-0.39, 0.29) is 16.3 Å². The lowest BCUT2D eigenvalue weighted by atomic mass is 10.2. The predicted octanol–water partition coefficient (Wildman–Crippen LogP) is 2.98. The molecule has 0 aliphatic heterocycles. The van der Waals surface area contributed by atoms with E-state index in [2.05, 4.69) is 31.2 Å². The normalized spacial score (nSPS) is 10.6. The Labute approximate surface area is 169 Å². The largest absolute Gasteiger partial charge is 0.452 e. The van der Waals surface area contributed by atoms with E-state index in [1.807, 2.05) is 0 Å². The first kappa shape index (κ1) is 19.6. The van der Waals surface area contributed by atoms with Crippen LogP contribution in [0.1, 0.15) is 10.4 Å². The number of rotatable bonds is 5. The number of anilines is 1. The Morgan fingerprint density at radius 1 is 1.21 bits per heavy atom. The first-order chi connectivity index (χ1) is 13.2. The average molecular weight is 470 g/mol. The molecule has 0 radical (unpaired) electrons. The molecule has 0 atom stereocenters. The fraction of sp³-hybridized carbons (Fsp3) is 0.0625. The van der Waals surface area contributed by atoms with Crippen LogP contribution < -0.4 is 11.0 Å². The first-order valence-electron chi connectivity index (χ1n) is 7.57. The molecule has 0 saturated carbocycles. The summed E-state index contributed by atoms with van der Waals surface area (Å²) in [6.07, 6.45) is 0. The molecule has 10 nitrogen and oxygen atoms in total. The highest BCUT2D eigenvalue weighted by molar-refractivity contribution is 9.10. The Kier molecular flexibility index (Phi) is 5.47. The third-order valence-corrected chi connectivity index (χ3v) is 4.58. The number of aromatic amines is 2. The number of H-pyrrole nitrogens is 2. The number of nitro benzene ring substituents is 1. The van der Waals surface area contributed by atoms with Crippen molar-refractivity contribution >= 4 is 61.8 Å². The molecule has 2 aromatic carbocycles. The van der Waals surface area contributed by atoms with Crippen molar-refractivity contribution in [3.05, 3.63) is 66.0 Å². The fourth-order valence-corrected chi connectivity index (χ4v) is 2.97. The Morgan fingerprint density at radius 3 is 2.57 bits per heavy atom. The zero-order chi connectivity index (χ0) is 20.4. The Bertz CT molecular complexity index is 1170. The minimum Gasteiger partial charge on any atom is -0.452 e. The lowest BCUT2D eigenvalue weighted by molar-refractivity contribution is -0.384. The summed E-state index contributed by atoms with van der Waals surface area (Å²) in [5, 5.41) is 13.3. The molecule has 144 valence electrons. The van der Waals surface area contributed by atoms with Crippen molar-refractivity contribution < 1.29 is 19.2 Å². The van der Waals surface area contributed by atoms with E-state index >= 15 is 0 Å². The van der Waals surface area contributed by atoms with Crippen molar-refractivity contribution in [1.82, 2.24) is 9.97 Å². The molecule has 1 aromatic heterocycles. The van der Waals surface area contributed by atoms with Gasteiger partial charge in [0, 0.05) is 16.6 Å². The zero-order valence-electron chi connectivity index (χ0n) is 13.7. The molecule has 1 heterocycles. The molecule has 3 rings (SSSR count). The van der Waals surface area contributed by atoms with Gasteiger partial charge in [0.05, 0.1) is 32.2 Å². The SMILES string of the molecule is O=C(COC(=O)c1cc([N+](=O)[O-])ccc1Cl)Nc1cc2[nH]c(=O)[nH]c2cc1Br. The smallest absolute Gasteiger partial charge is 0.340 e.